The van der Waals surface area contributed by atoms with Gasteiger partial charge in [0, 0.05) is 13.1 Å². The molecule has 1 saturated heterocycles. The molecule has 0 bridgehead atoms. The Morgan fingerprint density at radius 3 is 2.07 bits per heavy atom. The summed E-state index contributed by atoms with van der Waals surface area (Å²) in [6, 6.07) is 0. The van der Waals surface area contributed by atoms with E-state index in [0.29, 0.717) is 0 Å². The van der Waals surface area contributed by atoms with Crippen molar-refractivity contribution in [1.82, 2.24) is 4.90 Å². The van der Waals surface area contributed by atoms with E-state index in [0.717, 1.165) is 13.1 Å². The lowest BCUT2D eigenvalue weighted by atomic mass is 10.1. The largest absolute Gasteiger partial charge is 0.339 e. The van der Waals surface area contributed by atoms with Crippen LogP contribution in [0.15, 0.2) is 12.2 Å². The van der Waals surface area contributed by atoms with E-state index in [1.54, 1.807) is 12.2 Å². The number of nitrogens with zero attached hydrogens (tertiary/aromatic N) is 1. The zero-order valence-corrected chi connectivity index (χ0v) is 10.5. The molecule has 0 aliphatic carbocycles. The third kappa shape index (κ3) is 7.18. The Hall–Kier alpha value is -0.790. The van der Waals surface area contributed by atoms with Crippen LogP contribution in [-0.4, -0.2) is 23.9 Å². The summed E-state index contributed by atoms with van der Waals surface area (Å²) < 4.78 is 0. The monoisotopic (exact) mass is 211 g/mol. The second kappa shape index (κ2) is 9.75. The second-order valence-electron chi connectivity index (χ2n) is 3.89. The van der Waals surface area contributed by atoms with E-state index < -0.39 is 0 Å². The van der Waals surface area contributed by atoms with E-state index in [4.69, 9.17) is 0 Å². The smallest absolute Gasteiger partial charge is 0.246 e. The van der Waals surface area contributed by atoms with Crippen molar-refractivity contribution in [2.75, 3.05) is 13.1 Å². The molecule has 0 atom stereocenters. The molecule has 15 heavy (non-hydrogen) atoms. The maximum absolute atomic E-state index is 11.2. The lowest BCUT2D eigenvalue weighted by Gasteiger charge is -2.25. The van der Waals surface area contributed by atoms with Crippen LogP contribution in [0.2, 0.25) is 0 Å². The number of piperidine rings is 1. The first-order valence-electron chi connectivity index (χ1n) is 6.17. The maximum Gasteiger partial charge on any atom is 0.246 e. The van der Waals surface area contributed by atoms with Gasteiger partial charge in [0.25, 0.3) is 0 Å². The van der Waals surface area contributed by atoms with E-state index in [2.05, 4.69) is 13.8 Å². The van der Waals surface area contributed by atoms with Gasteiger partial charge in [-0.15, -0.1) is 0 Å². The van der Waals surface area contributed by atoms with Gasteiger partial charge in [-0.05, 0) is 32.3 Å². The average molecular weight is 211 g/mol. The van der Waals surface area contributed by atoms with Gasteiger partial charge < -0.3 is 4.90 Å². The summed E-state index contributed by atoms with van der Waals surface area (Å²) in [4.78, 5) is 13.2. The summed E-state index contributed by atoms with van der Waals surface area (Å²) in [6.07, 6.45) is 9.70. The van der Waals surface area contributed by atoms with Gasteiger partial charge in [-0.3, -0.25) is 4.79 Å². The van der Waals surface area contributed by atoms with Crippen LogP contribution < -0.4 is 0 Å². The number of carbonyl (C=O) groups is 1. The predicted molar refractivity (Wildman–Crippen MR) is 65.8 cm³/mol. The Morgan fingerprint density at radius 1 is 1.13 bits per heavy atom. The number of hydrogen-bond acceptors (Lipinski definition) is 1. The summed E-state index contributed by atoms with van der Waals surface area (Å²) in [5.74, 6) is 0.173. The van der Waals surface area contributed by atoms with Crippen molar-refractivity contribution in [2.24, 2.45) is 0 Å². The van der Waals surface area contributed by atoms with Crippen LogP contribution in [-0.2, 0) is 4.79 Å². The summed E-state index contributed by atoms with van der Waals surface area (Å²) in [7, 11) is 0. The van der Waals surface area contributed by atoms with Crippen LogP contribution in [0.1, 0.15) is 52.9 Å². The van der Waals surface area contributed by atoms with Gasteiger partial charge in [-0.1, -0.05) is 32.8 Å². The molecule has 0 N–H and O–H groups in total. The van der Waals surface area contributed by atoms with Crippen molar-refractivity contribution < 1.29 is 4.79 Å². The van der Waals surface area contributed by atoms with Crippen molar-refractivity contribution >= 4 is 5.91 Å². The molecule has 1 amide bonds. The van der Waals surface area contributed by atoms with E-state index >= 15 is 0 Å². The van der Waals surface area contributed by atoms with Gasteiger partial charge in [0.1, 0.15) is 0 Å². The molecule has 1 fully saturated rings. The SMILES string of the molecule is C/C=C/C(=O)N1CCCCC1.CCCC. The van der Waals surface area contributed by atoms with Crippen LogP contribution in [0.5, 0.6) is 0 Å². The standard InChI is InChI=1S/C9H15NO.C4H10/c1-2-6-9(11)10-7-4-3-5-8-10;1-3-4-2/h2,6H,3-5,7-8H2,1H3;3-4H2,1-2H3/b6-2+;. The minimum atomic E-state index is 0.173. The number of rotatable bonds is 2. The molecule has 0 unspecified atom stereocenters. The van der Waals surface area contributed by atoms with Crippen LogP contribution >= 0.6 is 0 Å². The Bertz CT molecular complexity index is 179. The number of hydrogen-bond donors (Lipinski definition) is 0. The molecule has 0 aromatic rings. The summed E-state index contributed by atoms with van der Waals surface area (Å²) in [5.41, 5.74) is 0. The Morgan fingerprint density at radius 2 is 1.67 bits per heavy atom. The molecule has 88 valence electrons. The lowest BCUT2D eigenvalue weighted by Crippen LogP contribution is -2.34. The fourth-order valence-electron chi connectivity index (χ4n) is 1.36. The highest BCUT2D eigenvalue weighted by Gasteiger charge is 2.12. The quantitative estimate of drug-likeness (QED) is 0.641. The highest BCUT2D eigenvalue weighted by molar-refractivity contribution is 5.87. The molecule has 1 aliphatic heterocycles. The van der Waals surface area contributed by atoms with Gasteiger partial charge >= 0.3 is 0 Å². The van der Waals surface area contributed by atoms with Gasteiger partial charge in [0.05, 0.1) is 0 Å². The summed E-state index contributed by atoms with van der Waals surface area (Å²) >= 11 is 0. The number of likely N-dealkylation sites (tertiary alicyclic amines) is 1. The Balaban J connectivity index is 0.000000423. The predicted octanol–water partition coefficient (Wildman–Crippen LogP) is 3.38. The molecule has 0 spiro atoms. The fourth-order valence-corrected chi connectivity index (χ4v) is 1.36. The van der Waals surface area contributed by atoms with E-state index in [1.807, 2.05) is 11.8 Å². The van der Waals surface area contributed by atoms with Crippen molar-refractivity contribution in [3.8, 4) is 0 Å². The summed E-state index contributed by atoms with van der Waals surface area (Å²) in [6.45, 7) is 8.13. The molecular weight excluding hydrogens is 186 g/mol. The molecule has 0 saturated carbocycles. The first kappa shape index (κ1) is 14.2. The molecule has 1 heterocycles. The lowest BCUT2D eigenvalue weighted by molar-refractivity contribution is -0.126. The molecule has 2 heteroatoms. The Kier molecular flexibility index (Phi) is 9.24. The normalized spacial score (nSPS) is 16.1. The third-order valence-corrected chi connectivity index (χ3v) is 2.48. The van der Waals surface area contributed by atoms with Crippen molar-refractivity contribution in [3.63, 3.8) is 0 Å². The highest BCUT2D eigenvalue weighted by atomic mass is 16.2. The van der Waals surface area contributed by atoms with Crippen molar-refractivity contribution in [1.29, 1.82) is 0 Å². The minimum absolute atomic E-state index is 0.173. The van der Waals surface area contributed by atoms with E-state index in [-0.39, 0.29) is 5.91 Å². The van der Waals surface area contributed by atoms with Gasteiger partial charge in [0.2, 0.25) is 5.91 Å². The van der Waals surface area contributed by atoms with Crippen molar-refractivity contribution in [2.45, 2.75) is 52.9 Å². The van der Waals surface area contributed by atoms with E-state index in [1.165, 1.54) is 32.1 Å². The number of amides is 1. The third-order valence-electron chi connectivity index (χ3n) is 2.48. The minimum Gasteiger partial charge on any atom is -0.339 e. The molecule has 1 aliphatic rings. The highest BCUT2D eigenvalue weighted by Crippen LogP contribution is 2.08. The molecule has 0 radical (unpaired) electrons. The van der Waals surface area contributed by atoms with E-state index in [9.17, 15) is 4.79 Å². The molecular formula is C13H25NO. The van der Waals surface area contributed by atoms with Crippen LogP contribution in [0, 0.1) is 0 Å². The van der Waals surface area contributed by atoms with Gasteiger partial charge in [-0.25, -0.2) is 0 Å². The molecule has 0 aromatic carbocycles. The molecule has 2 nitrogen and oxygen atoms in total. The maximum atomic E-state index is 11.2. The number of unbranched alkanes of at least 4 members (excludes halogenated alkanes) is 1. The first-order chi connectivity index (χ1) is 7.26. The number of allylic oxidation sites excluding steroid dienone is 1. The van der Waals surface area contributed by atoms with Crippen molar-refractivity contribution in [3.05, 3.63) is 12.2 Å². The van der Waals surface area contributed by atoms with Gasteiger partial charge in [-0.2, -0.15) is 0 Å². The summed E-state index contributed by atoms with van der Waals surface area (Å²) in [5, 5.41) is 0. The van der Waals surface area contributed by atoms with Crippen LogP contribution in [0.3, 0.4) is 0 Å². The Labute approximate surface area is 94.4 Å². The molecule has 1 rings (SSSR count). The fraction of sp³-hybridized carbons (Fsp3) is 0.769. The average Bonchev–Trinajstić information content (AvgIpc) is 2.31. The van der Waals surface area contributed by atoms with Crippen LogP contribution in [0.4, 0.5) is 0 Å². The zero-order chi connectivity index (χ0) is 11.5. The second-order valence-corrected chi connectivity index (χ2v) is 3.89. The zero-order valence-electron chi connectivity index (χ0n) is 10.5. The van der Waals surface area contributed by atoms with Gasteiger partial charge in [0.15, 0.2) is 0 Å². The first-order valence-corrected chi connectivity index (χ1v) is 6.17. The number of carbonyl (C=O) groups excluding carboxylic acids is 1. The van der Waals surface area contributed by atoms with Crippen LogP contribution in [0.25, 0.3) is 0 Å². The topological polar surface area (TPSA) is 20.3 Å². The molecule has 0 aromatic heterocycles.